The van der Waals surface area contributed by atoms with Crippen LogP contribution in [0, 0.1) is 9.39 Å². The summed E-state index contributed by atoms with van der Waals surface area (Å²) in [6.45, 7) is 1.84. The smallest absolute Gasteiger partial charge is 0.342 e. The van der Waals surface area contributed by atoms with E-state index in [2.05, 4.69) is 4.74 Å². The third-order valence-electron chi connectivity index (χ3n) is 1.52. The molecule has 0 unspecified atom stereocenters. The molecule has 0 heterocycles. The van der Waals surface area contributed by atoms with E-state index in [9.17, 15) is 9.18 Å². The third kappa shape index (κ3) is 2.36. The van der Waals surface area contributed by atoms with Crippen LogP contribution in [0.5, 0.6) is 0 Å². The number of ether oxygens (including phenoxy) is 1. The molecule has 76 valence electrons. The molecule has 14 heavy (non-hydrogen) atoms. The summed E-state index contributed by atoms with van der Waals surface area (Å²) in [5.74, 6) is -1.36. The van der Waals surface area contributed by atoms with Crippen LogP contribution in [0.15, 0.2) is 12.1 Å². The Hall–Kier alpha value is -0.360. The summed E-state index contributed by atoms with van der Waals surface area (Å²) in [5.41, 5.74) is -0.194. The summed E-state index contributed by atoms with van der Waals surface area (Å²) < 4.78 is 18.5. The third-order valence-corrected chi connectivity index (χ3v) is 2.67. The van der Waals surface area contributed by atoms with Crippen LogP contribution in [0.1, 0.15) is 17.3 Å². The fraction of sp³-hybridized carbons (Fsp3) is 0.222. The minimum Gasteiger partial charge on any atom is -0.462 e. The minimum atomic E-state index is -0.728. The summed E-state index contributed by atoms with van der Waals surface area (Å²) in [6.07, 6.45) is 0. The minimum absolute atomic E-state index is 0.0707. The summed E-state index contributed by atoms with van der Waals surface area (Å²) in [5, 5.41) is 0.0707. The Balaban J connectivity index is 3.18. The molecule has 0 fully saturated rings. The fourth-order valence-electron chi connectivity index (χ4n) is 0.917. The number of hydrogen-bond acceptors (Lipinski definition) is 2. The van der Waals surface area contributed by atoms with Crippen molar-refractivity contribution in [3.05, 3.63) is 32.1 Å². The van der Waals surface area contributed by atoms with Crippen LogP contribution >= 0.6 is 34.2 Å². The second kappa shape index (κ2) is 4.93. The van der Waals surface area contributed by atoms with Gasteiger partial charge in [-0.2, -0.15) is 0 Å². The number of hydrogen-bond donors (Lipinski definition) is 0. The van der Waals surface area contributed by atoms with Gasteiger partial charge in [0.2, 0.25) is 0 Å². The molecule has 0 saturated heterocycles. The van der Waals surface area contributed by atoms with Gasteiger partial charge in [0.15, 0.2) is 5.82 Å². The monoisotopic (exact) mass is 328 g/mol. The first-order valence-corrected chi connectivity index (χ1v) is 5.34. The van der Waals surface area contributed by atoms with E-state index in [0.29, 0.717) is 3.57 Å². The van der Waals surface area contributed by atoms with Crippen molar-refractivity contribution in [2.75, 3.05) is 6.61 Å². The van der Waals surface area contributed by atoms with Crippen LogP contribution in [0.2, 0.25) is 5.02 Å². The molecule has 0 spiro atoms. The maximum absolute atomic E-state index is 13.4. The van der Waals surface area contributed by atoms with Crippen LogP contribution in [0.3, 0.4) is 0 Å². The van der Waals surface area contributed by atoms with Crippen molar-refractivity contribution in [1.82, 2.24) is 0 Å². The average Bonchev–Trinajstić information content (AvgIpc) is 2.13. The highest BCUT2D eigenvalue weighted by Crippen LogP contribution is 2.24. The molecule has 2 nitrogen and oxygen atoms in total. The number of rotatable bonds is 2. The normalized spacial score (nSPS) is 10.0. The van der Waals surface area contributed by atoms with Crippen molar-refractivity contribution < 1.29 is 13.9 Å². The Morgan fingerprint density at radius 1 is 1.64 bits per heavy atom. The molecule has 0 amide bonds. The molecular formula is C9H7ClFIO2. The van der Waals surface area contributed by atoms with Crippen molar-refractivity contribution in [3.8, 4) is 0 Å². The summed E-state index contributed by atoms with van der Waals surface area (Å²) in [6, 6.07) is 2.97. The Labute approximate surface area is 99.5 Å². The highest BCUT2D eigenvalue weighted by atomic mass is 127. The topological polar surface area (TPSA) is 26.3 Å². The highest BCUT2D eigenvalue weighted by Gasteiger charge is 2.19. The average molecular weight is 329 g/mol. The standard InChI is InChI=1S/C9H7ClFIO2/c1-2-14-9(13)7-5(10)3-4-6(12)8(7)11/h3-4H,2H2,1H3. The molecule has 1 aromatic rings. The van der Waals surface area contributed by atoms with Crippen LogP contribution in [-0.4, -0.2) is 12.6 Å². The second-order valence-corrected chi connectivity index (χ2v) is 4.01. The van der Waals surface area contributed by atoms with Gasteiger partial charge in [-0.3, -0.25) is 0 Å². The highest BCUT2D eigenvalue weighted by molar-refractivity contribution is 14.1. The second-order valence-electron chi connectivity index (χ2n) is 2.44. The lowest BCUT2D eigenvalue weighted by Crippen LogP contribution is -2.09. The largest absolute Gasteiger partial charge is 0.462 e. The van der Waals surface area contributed by atoms with Gasteiger partial charge in [-0.05, 0) is 41.6 Å². The van der Waals surface area contributed by atoms with Gasteiger partial charge in [0.25, 0.3) is 0 Å². The lowest BCUT2D eigenvalue weighted by Gasteiger charge is -2.06. The number of benzene rings is 1. The van der Waals surface area contributed by atoms with E-state index in [1.807, 2.05) is 0 Å². The molecule has 5 heteroatoms. The molecule has 0 aliphatic carbocycles. The van der Waals surface area contributed by atoms with Gasteiger partial charge < -0.3 is 4.74 Å². The molecule has 1 rings (SSSR count). The van der Waals surface area contributed by atoms with E-state index in [1.165, 1.54) is 12.1 Å². The maximum Gasteiger partial charge on any atom is 0.342 e. The van der Waals surface area contributed by atoms with E-state index in [4.69, 9.17) is 11.6 Å². The zero-order valence-electron chi connectivity index (χ0n) is 7.31. The molecule has 0 aliphatic heterocycles. The van der Waals surface area contributed by atoms with E-state index in [1.54, 1.807) is 29.5 Å². The van der Waals surface area contributed by atoms with Gasteiger partial charge in [0.05, 0.1) is 11.6 Å². The lowest BCUT2D eigenvalue weighted by atomic mass is 10.2. The quantitative estimate of drug-likeness (QED) is 0.473. The maximum atomic E-state index is 13.4. The number of carbonyl (C=O) groups is 1. The van der Waals surface area contributed by atoms with Crippen molar-refractivity contribution in [2.24, 2.45) is 0 Å². The summed E-state index contributed by atoms with van der Waals surface area (Å²) in [7, 11) is 0. The SMILES string of the molecule is CCOC(=O)c1c(Cl)ccc(I)c1F. The van der Waals surface area contributed by atoms with E-state index >= 15 is 0 Å². The van der Waals surface area contributed by atoms with Crippen molar-refractivity contribution in [3.63, 3.8) is 0 Å². The molecule has 0 saturated carbocycles. The predicted molar refractivity (Wildman–Crippen MR) is 60.1 cm³/mol. The fourth-order valence-corrected chi connectivity index (χ4v) is 1.59. The lowest BCUT2D eigenvalue weighted by molar-refractivity contribution is 0.0521. The molecule has 1 aromatic carbocycles. The number of halogens is 3. The summed E-state index contributed by atoms with van der Waals surface area (Å²) >= 11 is 7.47. The van der Waals surface area contributed by atoms with Crippen molar-refractivity contribution >= 4 is 40.2 Å². The molecule has 0 radical (unpaired) electrons. The molecule has 0 aromatic heterocycles. The Morgan fingerprint density at radius 2 is 2.29 bits per heavy atom. The van der Waals surface area contributed by atoms with E-state index in [0.717, 1.165) is 0 Å². The van der Waals surface area contributed by atoms with Gasteiger partial charge in [-0.1, -0.05) is 11.6 Å². The van der Waals surface area contributed by atoms with Crippen LogP contribution in [0.4, 0.5) is 4.39 Å². The Kier molecular flexibility index (Phi) is 4.12. The van der Waals surface area contributed by atoms with Crippen LogP contribution < -0.4 is 0 Å². The van der Waals surface area contributed by atoms with Crippen LogP contribution in [0.25, 0.3) is 0 Å². The number of carbonyl (C=O) groups excluding carboxylic acids is 1. The number of esters is 1. The first-order valence-electron chi connectivity index (χ1n) is 3.88. The zero-order chi connectivity index (χ0) is 10.7. The van der Waals surface area contributed by atoms with Gasteiger partial charge in [0, 0.05) is 3.57 Å². The first kappa shape index (κ1) is 11.7. The van der Waals surface area contributed by atoms with E-state index in [-0.39, 0.29) is 17.2 Å². The molecular weight excluding hydrogens is 321 g/mol. The Bertz CT molecular complexity index is 368. The van der Waals surface area contributed by atoms with Crippen molar-refractivity contribution in [1.29, 1.82) is 0 Å². The summed E-state index contributed by atoms with van der Waals surface area (Å²) in [4.78, 5) is 11.3. The molecule has 0 atom stereocenters. The van der Waals surface area contributed by atoms with Gasteiger partial charge in [-0.25, -0.2) is 9.18 Å². The van der Waals surface area contributed by atoms with Gasteiger partial charge in [-0.15, -0.1) is 0 Å². The predicted octanol–water partition coefficient (Wildman–Crippen LogP) is 3.26. The van der Waals surface area contributed by atoms with E-state index < -0.39 is 11.8 Å². The van der Waals surface area contributed by atoms with Gasteiger partial charge >= 0.3 is 5.97 Å². The first-order chi connectivity index (χ1) is 6.57. The Morgan fingerprint density at radius 3 is 2.86 bits per heavy atom. The van der Waals surface area contributed by atoms with Crippen molar-refractivity contribution in [2.45, 2.75) is 6.92 Å². The molecule has 0 N–H and O–H groups in total. The molecule has 0 bridgehead atoms. The molecule has 0 aliphatic rings. The van der Waals surface area contributed by atoms with Gasteiger partial charge in [0.1, 0.15) is 5.56 Å². The zero-order valence-corrected chi connectivity index (χ0v) is 10.2. The van der Waals surface area contributed by atoms with Crippen LogP contribution in [-0.2, 0) is 4.74 Å².